The Kier molecular flexibility index (Phi) is 6.49. The van der Waals surface area contributed by atoms with Crippen molar-refractivity contribution < 1.29 is 9.18 Å². The zero-order valence-corrected chi connectivity index (χ0v) is 18.9. The Morgan fingerprint density at radius 2 is 1.62 bits per heavy atom. The molecule has 1 aliphatic rings. The van der Waals surface area contributed by atoms with Gasteiger partial charge >= 0.3 is 0 Å². The first-order valence-corrected chi connectivity index (χ1v) is 11.1. The molecule has 1 heterocycles. The molecule has 0 bridgehead atoms. The summed E-state index contributed by atoms with van der Waals surface area (Å²) >= 11 is 0. The van der Waals surface area contributed by atoms with Crippen molar-refractivity contribution in [1.29, 1.82) is 0 Å². The van der Waals surface area contributed by atoms with Gasteiger partial charge in [-0.2, -0.15) is 0 Å². The molecule has 3 aromatic rings. The summed E-state index contributed by atoms with van der Waals surface area (Å²) in [5.74, 6) is 0.606. The third-order valence-electron chi connectivity index (χ3n) is 6.28. The highest BCUT2D eigenvalue weighted by Crippen LogP contribution is 2.30. The lowest BCUT2D eigenvalue weighted by atomic mass is 9.94. The Morgan fingerprint density at radius 1 is 0.969 bits per heavy atom. The number of rotatable bonds is 5. The molecule has 1 aromatic heterocycles. The molecular weight excluding hydrogens is 403 g/mol. The number of nitrogens with zero attached hydrogens (tertiary/aromatic N) is 4. The molecule has 5 nitrogen and oxygen atoms in total. The smallest absolute Gasteiger partial charge is 0.259 e. The van der Waals surface area contributed by atoms with Gasteiger partial charge in [0.25, 0.3) is 5.91 Å². The van der Waals surface area contributed by atoms with E-state index in [0.717, 1.165) is 36.9 Å². The lowest BCUT2D eigenvalue weighted by Crippen LogP contribution is -2.39. The van der Waals surface area contributed by atoms with Gasteiger partial charge < -0.3 is 9.80 Å². The molecule has 0 atom stereocenters. The van der Waals surface area contributed by atoms with Crippen molar-refractivity contribution in [3.63, 3.8) is 0 Å². The number of halogens is 1. The van der Waals surface area contributed by atoms with Gasteiger partial charge in [0.2, 0.25) is 0 Å². The van der Waals surface area contributed by atoms with Crippen LogP contribution in [0.4, 0.5) is 15.9 Å². The number of hydrogen-bond donors (Lipinski definition) is 0. The average molecular weight is 433 g/mol. The second-order valence-corrected chi connectivity index (χ2v) is 8.54. The zero-order chi connectivity index (χ0) is 22.7. The van der Waals surface area contributed by atoms with Gasteiger partial charge in [0.15, 0.2) is 5.82 Å². The average Bonchev–Trinajstić information content (AvgIpc) is 2.84. The number of carbonyl (C=O) groups excluding carboxylic acids is 1. The summed E-state index contributed by atoms with van der Waals surface area (Å²) in [4.78, 5) is 26.5. The number of anilines is 2. The third-order valence-corrected chi connectivity index (χ3v) is 6.28. The van der Waals surface area contributed by atoms with Crippen LogP contribution in [0.3, 0.4) is 0 Å². The molecule has 1 fully saturated rings. The van der Waals surface area contributed by atoms with Gasteiger partial charge in [-0.25, -0.2) is 14.4 Å². The monoisotopic (exact) mass is 432 g/mol. The summed E-state index contributed by atoms with van der Waals surface area (Å²) in [6, 6.07) is 14.4. The fourth-order valence-corrected chi connectivity index (χ4v) is 4.23. The molecule has 0 radical (unpaired) electrons. The summed E-state index contributed by atoms with van der Waals surface area (Å²) in [6.07, 6.45) is 7.19. The first kappa shape index (κ1) is 21.9. The molecule has 1 amide bonds. The van der Waals surface area contributed by atoms with Crippen LogP contribution in [-0.2, 0) is 0 Å². The maximum atomic E-state index is 13.5. The van der Waals surface area contributed by atoms with E-state index in [-0.39, 0.29) is 17.8 Å². The van der Waals surface area contributed by atoms with Crippen LogP contribution in [0.5, 0.6) is 0 Å². The number of amides is 1. The van der Waals surface area contributed by atoms with Crippen LogP contribution in [0.1, 0.15) is 48.0 Å². The third kappa shape index (κ3) is 4.64. The van der Waals surface area contributed by atoms with Gasteiger partial charge in [-0.1, -0.05) is 37.0 Å². The second kappa shape index (κ2) is 9.47. The molecule has 0 spiro atoms. The Morgan fingerprint density at radius 3 is 2.28 bits per heavy atom. The standard InChI is InChI=1S/C26H29FN4O/c1-18-9-15-22(16-10-18)30(2)25-23(26(32)31(3)21-7-5-4-6-8-21)17-28-24(29-25)19-11-13-20(27)14-12-19/h9-17,21H,4-8H2,1-3H3. The van der Waals surface area contributed by atoms with E-state index >= 15 is 0 Å². The minimum atomic E-state index is -0.313. The van der Waals surface area contributed by atoms with Crippen LogP contribution in [0.2, 0.25) is 0 Å². The van der Waals surface area contributed by atoms with E-state index in [9.17, 15) is 9.18 Å². The van der Waals surface area contributed by atoms with E-state index in [1.165, 1.54) is 18.6 Å². The SMILES string of the molecule is Cc1ccc(N(C)c2nc(-c3ccc(F)cc3)ncc2C(=O)N(C)C2CCCCC2)cc1. The van der Waals surface area contributed by atoms with Crippen molar-refractivity contribution in [1.82, 2.24) is 14.9 Å². The number of benzene rings is 2. The first-order chi connectivity index (χ1) is 15.4. The molecule has 1 aliphatic carbocycles. The molecule has 4 rings (SSSR count). The van der Waals surface area contributed by atoms with Crippen LogP contribution < -0.4 is 4.90 Å². The second-order valence-electron chi connectivity index (χ2n) is 8.54. The van der Waals surface area contributed by atoms with Crippen LogP contribution in [0.25, 0.3) is 11.4 Å². The largest absolute Gasteiger partial charge is 0.339 e. The van der Waals surface area contributed by atoms with Crippen LogP contribution >= 0.6 is 0 Å². The molecule has 2 aromatic carbocycles. The van der Waals surface area contributed by atoms with Crippen molar-refractivity contribution in [2.45, 2.75) is 45.1 Å². The molecular formula is C26H29FN4O. The fraction of sp³-hybridized carbons (Fsp3) is 0.346. The Hall–Kier alpha value is -3.28. The Bertz CT molecular complexity index is 1080. The molecule has 0 N–H and O–H groups in total. The zero-order valence-electron chi connectivity index (χ0n) is 18.9. The van der Waals surface area contributed by atoms with E-state index < -0.39 is 0 Å². The molecule has 32 heavy (non-hydrogen) atoms. The summed E-state index contributed by atoms with van der Waals surface area (Å²) in [7, 11) is 3.78. The Balaban J connectivity index is 1.74. The highest BCUT2D eigenvalue weighted by molar-refractivity contribution is 5.99. The summed E-state index contributed by atoms with van der Waals surface area (Å²) in [5, 5.41) is 0. The van der Waals surface area contributed by atoms with Crippen molar-refractivity contribution in [3.8, 4) is 11.4 Å². The minimum absolute atomic E-state index is 0.0727. The van der Waals surface area contributed by atoms with Crippen LogP contribution in [0, 0.1) is 12.7 Å². The number of aryl methyl sites for hydroxylation is 1. The molecule has 0 saturated heterocycles. The highest BCUT2D eigenvalue weighted by Gasteiger charge is 2.27. The number of carbonyl (C=O) groups is 1. The maximum absolute atomic E-state index is 13.5. The quantitative estimate of drug-likeness (QED) is 0.514. The van der Waals surface area contributed by atoms with E-state index in [1.54, 1.807) is 18.3 Å². The normalized spacial score (nSPS) is 14.2. The van der Waals surface area contributed by atoms with Crippen molar-refractivity contribution in [2.24, 2.45) is 0 Å². The predicted molar refractivity (Wildman–Crippen MR) is 126 cm³/mol. The molecule has 1 saturated carbocycles. The minimum Gasteiger partial charge on any atom is -0.339 e. The van der Waals surface area contributed by atoms with E-state index in [1.807, 2.05) is 55.1 Å². The van der Waals surface area contributed by atoms with E-state index in [4.69, 9.17) is 4.98 Å². The highest BCUT2D eigenvalue weighted by atomic mass is 19.1. The van der Waals surface area contributed by atoms with Gasteiger partial charge in [0.05, 0.1) is 0 Å². The van der Waals surface area contributed by atoms with Crippen LogP contribution in [0.15, 0.2) is 54.7 Å². The Labute approximate surface area is 188 Å². The molecule has 166 valence electrons. The fourth-order valence-electron chi connectivity index (χ4n) is 4.23. The van der Waals surface area contributed by atoms with Gasteiger partial charge in [-0.15, -0.1) is 0 Å². The lowest BCUT2D eigenvalue weighted by Gasteiger charge is -2.32. The lowest BCUT2D eigenvalue weighted by molar-refractivity contribution is 0.0696. The van der Waals surface area contributed by atoms with Crippen molar-refractivity contribution >= 4 is 17.4 Å². The van der Waals surface area contributed by atoms with Gasteiger partial charge in [0, 0.05) is 37.6 Å². The first-order valence-electron chi connectivity index (χ1n) is 11.1. The summed E-state index contributed by atoms with van der Waals surface area (Å²) in [6.45, 7) is 2.04. The molecule has 6 heteroatoms. The number of hydrogen-bond acceptors (Lipinski definition) is 4. The van der Waals surface area contributed by atoms with E-state index in [2.05, 4.69) is 4.98 Å². The number of aromatic nitrogens is 2. The summed E-state index contributed by atoms with van der Waals surface area (Å²) in [5.41, 5.74) is 3.25. The van der Waals surface area contributed by atoms with Crippen molar-refractivity contribution in [2.75, 3.05) is 19.0 Å². The molecule has 0 aliphatic heterocycles. The van der Waals surface area contributed by atoms with Crippen LogP contribution in [-0.4, -0.2) is 40.9 Å². The van der Waals surface area contributed by atoms with Gasteiger partial charge in [0.1, 0.15) is 17.2 Å². The maximum Gasteiger partial charge on any atom is 0.259 e. The molecule has 0 unspecified atom stereocenters. The predicted octanol–water partition coefficient (Wildman–Crippen LogP) is 5.76. The van der Waals surface area contributed by atoms with E-state index in [0.29, 0.717) is 22.8 Å². The summed E-state index contributed by atoms with van der Waals surface area (Å²) < 4.78 is 13.4. The van der Waals surface area contributed by atoms with Gasteiger partial charge in [-0.3, -0.25) is 4.79 Å². The van der Waals surface area contributed by atoms with Gasteiger partial charge in [-0.05, 0) is 56.2 Å². The topological polar surface area (TPSA) is 49.3 Å². The van der Waals surface area contributed by atoms with Crippen molar-refractivity contribution in [3.05, 3.63) is 71.7 Å².